The smallest absolute Gasteiger partial charge is 0.203 e. The van der Waals surface area contributed by atoms with Crippen LogP contribution in [0.15, 0.2) is 48.5 Å². The molecule has 6 nitrogen and oxygen atoms in total. The van der Waals surface area contributed by atoms with E-state index in [0.717, 1.165) is 5.56 Å². The SMILES string of the molecule is COc1cc(-c2cc(/C=C/C(=O)c3ccc(F)cc3)[nH]n2)cc(OC)c1OC. The number of halogens is 1. The first-order chi connectivity index (χ1) is 13.5. The van der Waals surface area contributed by atoms with Crippen LogP contribution in [-0.4, -0.2) is 37.3 Å². The Morgan fingerprint density at radius 3 is 2.21 bits per heavy atom. The fraction of sp³-hybridized carbons (Fsp3) is 0.143. The van der Waals surface area contributed by atoms with Crippen molar-refractivity contribution in [3.05, 3.63) is 65.6 Å². The molecule has 0 amide bonds. The molecule has 0 spiro atoms. The predicted octanol–water partition coefficient (Wildman–Crippen LogP) is 4.14. The molecule has 0 fully saturated rings. The van der Waals surface area contributed by atoms with Crippen LogP contribution < -0.4 is 14.2 Å². The van der Waals surface area contributed by atoms with Gasteiger partial charge in [0.2, 0.25) is 5.75 Å². The number of ketones is 1. The number of aromatic amines is 1. The summed E-state index contributed by atoms with van der Waals surface area (Å²) in [5, 5.41) is 7.13. The molecule has 0 radical (unpaired) electrons. The Kier molecular flexibility index (Phi) is 5.74. The van der Waals surface area contributed by atoms with E-state index in [0.29, 0.717) is 34.2 Å². The quantitative estimate of drug-likeness (QED) is 0.491. The minimum absolute atomic E-state index is 0.232. The van der Waals surface area contributed by atoms with Gasteiger partial charge in [-0.1, -0.05) is 0 Å². The van der Waals surface area contributed by atoms with Crippen molar-refractivity contribution in [3.63, 3.8) is 0 Å². The summed E-state index contributed by atoms with van der Waals surface area (Å²) >= 11 is 0. The first-order valence-corrected chi connectivity index (χ1v) is 8.39. The Labute approximate surface area is 161 Å². The van der Waals surface area contributed by atoms with Crippen LogP contribution in [0.2, 0.25) is 0 Å². The number of allylic oxidation sites excluding steroid dienone is 1. The molecular weight excluding hydrogens is 363 g/mol. The van der Waals surface area contributed by atoms with Crippen molar-refractivity contribution in [2.24, 2.45) is 0 Å². The fourth-order valence-electron chi connectivity index (χ4n) is 2.67. The maximum atomic E-state index is 13.0. The first kappa shape index (κ1) is 19.2. The van der Waals surface area contributed by atoms with Gasteiger partial charge < -0.3 is 14.2 Å². The summed E-state index contributed by atoms with van der Waals surface area (Å²) in [6.45, 7) is 0. The Balaban J connectivity index is 1.84. The highest BCUT2D eigenvalue weighted by Crippen LogP contribution is 2.40. The van der Waals surface area contributed by atoms with Crippen LogP contribution >= 0.6 is 0 Å². The first-order valence-electron chi connectivity index (χ1n) is 8.39. The summed E-state index contributed by atoms with van der Waals surface area (Å²) in [6, 6.07) is 10.7. The van der Waals surface area contributed by atoms with Crippen LogP contribution in [0, 0.1) is 5.82 Å². The molecule has 0 aliphatic carbocycles. The lowest BCUT2D eigenvalue weighted by atomic mass is 10.1. The van der Waals surface area contributed by atoms with Gasteiger partial charge in [-0.15, -0.1) is 0 Å². The van der Waals surface area contributed by atoms with Crippen LogP contribution in [-0.2, 0) is 0 Å². The van der Waals surface area contributed by atoms with E-state index < -0.39 is 0 Å². The van der Waals surface area contributed by atoms with Crippen molar-refractivity contribution in [3.8, 4) is 28.5 Å². The van der Waals surface area contributed by atoms with Gasteiger partial charge >= 0.3 is 0 Å². The summed E-state index contributed by atoms with van der Waals surface area (Å²) in [4.78, 5) is 12.2. The largest absolute Gasteiger partial charge is 0.493 e. The highest BCUT2D eigenvalue weighted by Gasteiger charge is 2.15. The number of hydrogen-bond acceptors (Lipinski definition) is 5. The van der Waals surface area contributed by atoms with Crippen molar-refractivity contribution < 1.29 is 23.4 Å². The zero-order valence-corrected chi connectivity index (χ0v) is 15.7. The number of H-pyrrole nitrogens is 1. The Morgan fingerprint density at radius 2 is 1.64 bits per heavy atom. The molecule has 3 aromatic rings. The van der Waals surface area contributed by atoms with Crippen LogP contribution in [0.1, 0.15) is 16.1 Å². The molecule has 0 bridgehead atoms. The normalized spacial score (nSPS) is 10.9. The van der Waals surface area contributed by atoms with Gasteiger partial charge in [0, 0.05) is 11.1 Å². The maximum absolute atomic E-state index is 13.0. The van der Waals surface area contributed by atoms with Gasteiger partial charge in [0.25, 0.3) is 0 Å². The zero-order chi connectivity index (χ0) is 20.1. The van der Waals surface area contributed by atoms with E-state index in [2.05, 4.69) is 10.2 Å². The van der Waals surface area contributed by atoms with E-state index in [1.165, 1.54) is 37.5 Å². The molecule has 28 heavy (non-hydrogen) atoms. The van der Waals surface area contributed by atoms with Gasteiger partial charge in [-0.2, -0.15) is 5.10 Å². The van der Waals surface area contributed by atoms with Gasteiger partial charge in [0.05, 0.1) is 32.7 Å². The third kappa shape index (κ3) is 4.03. The van der Waals surface area contributed by atoms with Crippen LogP contribution in [0.5, 0.6) is 17.2 Å². The summed E-state index contributed by atoms with van der Waals surface area (Å²) < 4.78 is 29.0. The lowest BCUT2D eigenvalue weighted by molar-refractivity contribution is 0.104. The van der Waals surface area contributed by atoms with Crippen molar-refractivity contribution in [1.29, 1.82) is 0 Å². The molecule has 144 valence electrons. The van der Waals surface area contributed by atoms with E-state index in [-0.39, 0.29) is 11.6 Å². The van der Waals surface area contributed by atoms with E-state index in [4.69, 9.17) is 14.2 Å². The number of hydrogen-bond donors (Lipinski definition) is 1. The van der Waals surface area contributed by atoms with E-state index in [9.17, 15) is 9.18 Å². The second-order valence-corrected chi connectivity index (χ2v) is 5.83. The molecule has 0 atom stereocenters. The molecule has 1 heterocycles. The zero-order valence-electron chi connectivity index (χ0n) is 15.7. The molecule has 3 rings (SSSR count). The number of carbonyl (C=O) groups is 1. The number of ether oxygens (including phenoxy) is 3. The van der Waals surface area contributed by atoms with E-state index >= 15 is 0 Å². The highest BCUT2D eigenvalue weighted by molar-refractivity contribution is 6.06. The van der Waals surface area contributed by atoms with Gasteiger partial charge in [0.1, 0.15) is 5.82 Å². The molecule has 0 aliphatic rings. The van der Waals surface area contributed by atoms with Crippen LogP contribution in [0.3, 0.4) is 0 Å². The minimum Gasteiger partial charge on any atom is -0.493 e. The molecule has 2 aromatic carbocycles. The van der Waals surface area contributed by atoms with E-state index in [1.807, 2.05) is 0 Å². The lowest BCUT2D eigenvalue weighted by Crippen LogP contribution is -1.95. The number of carbonyl (C=O) groups excluding carboxylic acids is 1. The summed E-state index contributed by atoms with van der Waals surface area (Å²) in [7, 11) is 4.62. The number of rotatable bonds is 7. The lowest BCUT2D eigenvalue weighted by Gasteiger charge is -2.13. The Morgan fingerprint density at radius 1 is 1.00 bits per heavy atom. The molecule has 1 N–H and O–H groups in total. The van der Waals surface area contributed by atoms with Crippen LogP contribution in [0.4, 0.5) is 4.39 Å². The third-order valence-electron chi connectivity index (χ3n) is 4.10. The molecule has 0 unspecified atom stereocenters. The van der Waals surface area contributed by atoms with Gasteiger partial charge in [-0.05, 0) is 54.6 Å². The Hall–Kier alpha value is -3.61. The fourth-order valence-corrected chi connectivity index (χ4v) is 2.67. The van der Waals surface area contributed by atoms with Crippen molar-refractivity contribution >= 4 is 11.9 Å². The average molecular weight is 382 g/mol. The average Bonchev–Trinajstić information content (AvgIpc) is 3.20. The topological polar surface area (TPSA) is 73.4 Å². The molecule has 1 aromatic heterocycles. The monoisotopic (exact) mass is 382 g/mol. The second kappa shape index (κ2) is 8.39. The Bertz CT molecular complexity index is 984. The molecule has 0 saturated carbocycles. The minimum atomic E-state index is -0.385. The van der Waals surface area contributed by atoms with Gasteiger partial charge in [0.15, 0.2) is 17.3 Å². The summed E-state index contributed by atoms with van der Waals surface area (Å²) in [5.41, 5.74) is 2.45. The predicted molar refractivity (Wildman–Crippen MR) is 103 cm³/mol. The molecular formula is C21H19FN2O4. The summed E-state index contributed by atoms with van der Waals surface area (Å²) in [5.74, 6) is 0.911. The highest BCUT2D eigenvalue weighted by atomic mass is 19.1. The molecule has 7 heteroatoms. The molecule has 0 aliphatic heterocycles. The number of methoxy groups -OCH3 is 3. The molecule has 0 saturated heterocycles. The van der Waals surface area contributed by atoms with Crippen molar-refractivity contribution in [1.82, 2.24) is 10.2 Å². The van der Waals surface area contributed by atoms with Crippen molar-refractivity contribution in [2.45, 2.75) is 0 Å². The van der Waals surface area contributed by atoms with Crippen LogP contribution in [0.25, 0.3) is 17.3 Å². The summed E-state index contributed by atoms with van der Waals surface area (Å²) in [6.07, 6.45) is 3.01. The van der Waals surface area contributed by atoms with E-state index in [1.54, 1.807) is 38.5 Å². The third-order valence-corrected chi connectivity index (χ3v) is 4.10. The number of aromatic nitrogens is 2. The number of nitrogens with one attached hydrogen (secondary N) is 1. The van der Waals surface area contributed by atoms with Crippen molar-refractivity contribution in [2.75, 3.05) is 21.3 Å². The standard InChI is InChI=1S/C21H19FN2O4/c1-26-19-10-14(11-20(27-2)21(19)28-3)17-12-16(23-24-17)8-9-18(25)13-4-6-15(22)7-5-13/h4-12H,1-3H3,(H,23,24)/b9-8+. The number of benzene rings is 2. The number of nitrogens with zero attached hydrogens (tertiary/aromatic N) is 1. The second-order valence-electron chi connectivity index (χ2n) is 5.83. The van der Waals surface area contributed by atoms with Gasteiger partial charge in [-0.3, -0.25) is 9.89 Å². The van der Waals surface area contributed by atoms with Gasteiger partial charge in [-0.25, -0.2) is 4.39 Å². The maximum Gasteiger partial charge on any atom is 0.203 e.